The third-order valence-corrected chi connectivity index (χ3v) is 2.50. The summed E-state index contributed by atoms with van der Waals surface area (Å²) in [7, 11) is 0. The van der Waals surface area contributed by atoms with E-state index in [-0.39, 0.29) is 27.1 Å². The largest absolute Gasteiger partial charge is 4.00 e. The van der Waals surface area contributed by atoms with Gasteiger partial charge in [-0.2, -0.15) is 36.4 Å². The molecule has 0 N–H and O–H groups in total. The molecule has 0 aromatic heterocycles. The van der Waals surface area contributed by atoms with E-state index in [1.54, 1.807) is 0 Å². The fourth-order valence-corrected chi connectivity index (χ4v) is 0.642. The topological polar surface area (TPSA) is 0 Å². The number of hydrogen-bond donors (Lipinski definition) is 0. The van der Waals surface area contributed by atoms with Crippen LogP contribution in [0.3, 0.4) is 0 Å². The van der Waals surface area contributed by atoms with E-state index in [9.17, 15) is 0 Å². The summed E-state index contributed by atoms with van der Waals surface area (Å²) in [4.78, 5) is 0. The maximum Gasteiger partial charge on any atom is 4.00 e. The summed E-state index contributed by atoms with van der Waals surface area (Å²) < 4.78 is 0. The van der Waals surface area contributed by atoms with Gasteiger partial charge in [0, 0.05) is 0 Å². The van der Waals surface area contributed by atoms with Gasteiger partial charge in [-0.15, -0.1) is 6.92 Å². The maximum atomic E-state index is 3.86. The molecule has 0 unspecified atom stereocenters. The smallest absolute Gasteiger partial charge is 0.367 e. The van der Waals surface area contributed by atoms with Crippen LogP contribution in [-0.4, -0.2) is 0 Å². The van der Waals surface area contributed by atoms with E-state index >= 15 is 0 Å². The average molecular weight is 276 g/mol. The minimum Gasteiger partial charge on any atom is -0.367 e. The van der Waals surface area contributed by atoms with Crippen LogP contribution in [0.2, 0.25) is 0 Å². The summed E-state index contributed by atoms with van der Waals surface area (Å²) in [6.07, 6.45) is 0. The summed E-state index contributed by atoms with van der Waals surface area (Å²) >= 11 is 0. The normalized spacial score (nSPS) is 9.44. The van der Waals surface area contributed by atoms with Gasteiger partial charge in [0.1, 0.15) is 0 Å². The Kier molecular flexibility index (Phi) is 12.6. The van der Waals surface area contributed by atoms with Crippen molar-refractivity contribution in [2.24, 2.45) is 11.3 Å². The molecule has 0 amide bonds. The number of hydrogen-bond acceptors (Lipinski definition) is 0. The predicted octanol–water partition coefficient (Wildman–Crippen LogP) is 5.13. The van der Waals surface area contributed by atoms with E-state index in [1.807, 2.05) is 67.6 Å². The quantitative estimate of drug-likeness (QED) is 0.500. The van der Waals surface area contributed by atoms with Gasteiger partial charge in [0.05, 0.1) is 0 Å². The summed E-state index contributed by atoms with van der Waals surface area (Å²) in [5, 5.41) is 0. The van der Waals surface area contributed by atoms with Crippen LogP contribution in [-0.2, 0) is 21.7 Å². The molecule has 0 saturated heterocycles. The molecule has 0 saturated carbocycles. The zero-order chi connectivity index (χ0) is 13.1. The third kappa shape index (κ3) is 13.5. The van der Waals surface area contributed by atoms with Gasteiger partial charge in [-0.25, -0.2) is 24.3 Å². The first-order chi connectivity index (χ1) is 7.94. The summed E-state index contributed by atoms with van der Waals surface area (Å²) in [6.45, 7) is 14.0. The fourth-order valence-electron chi connectivity index (χ4n) is 0.642. The van der Waals surface area contributed by atoms with Crippen molar-refractivity contribution in [3.8, 4) is 0 Å². The Hall–Kier alpha value is -0.586. The molecule has 1 heteroatoms. The van der Waals surface area contributed by atoms with Crippen molar-refractivity contribution >= 4 is 0 Å². The molecule has 96 valence electrons. The zero-order valence-corrected chi connectivity index (χ0v) is 13.3. The Morgan fingerprint density at radius 2 is 1.06 bits per heavy atom. The third-order valence-electron chi connectivity index (χ3n) is 2.50. The van der Waals surface area contributed by atoms with Crippen LogP contribution < -0.4 is 0 Å². The van der Waals surface area contributed by atoms with Crippen LogP contribution >= 0.6 is 0 Å². The Labute approximate surface area is 128 Å². The van der Waals surface area contributed by atoms with Crippen LogP contribution in [0.15, 0.2) is 60.7 Å². The first-order valence-corrected chi connectivity index (χ1v) is 5.98. The van der Waals surface area contributed by atoms with Crippen molar-refractivity contribution in [1.82, 2.24) is 0 Å². The van der Waals surface area contributed by atoms with Crippen LogP contribution in [0.5, 0.6) is 0 Å². The molecule has 2 aromatic rings. The van der Waals surface area contributed by atoms with Crippen molar-refractivity contribution in [2.75, 3.05) is 0 Å². The molecule has 0 aliphatic rings. The van der Waals surface area contributed by atoms with E-state index in [1.165, 1.54) is 0 Å². The minimum absolute atomic E-state index is 0. The molecule has 0 spiro atoms. The summed E-state index contributed by atoms with van der Waals surface area (Å²) in [6, 6.07) is 20.0. The van der Waals surface area contributed by atoms with Crippen molar-refractivity contribution in [1.29, 1.82) is 0 Å². The molecule has 0 fully saturated rings. The molecule has 0 aliphatic heterocycles. The molecular weight excluding hydrogens is 252 g/mol. The zero-order valence-electron chi connectivity index (χ0n) is 11.8. The molecule has 0 radical (unpaired) electrons. The van der Waals surface area contributed by atoms with E-state index < -0.39 is 0 Å². The van der Waals surface area contributed by atoms with E-state index in [2.05, 4.69) is 27.7 Å². The standard InChI is InChI=1S/C7H14.2C5H5.Ti/c1-6(2)7(3,4)5;2*1-2-4-5-3-1;/h6H,3-4H2,1-2,5H3;2*1-5H;/q-2;2*-1;+4. The van der Waals surface area contributed by atoms with Crippen molar-refractivity contribution in [3.05, 3.63) is 74.5 Å². The number of rotatable bonds is 1. The molecule has 2 aromatic carbocycles. The predicted molar refractivity (Wildman–Crippen MR) is 77.7 cm³/mol. The second kappa shape index (κ2) is 11.5. The van der Waals surface area contributed by atoms with Crippen molar-refractivity contribution in [3.63, 3.8) is 0 Å². The Morgan fingerprint density at radius 3 is 1.11 bits per heavy atom. The van der Waals surface area contributed by atoms with E-state index in [4.69, 9.17) is 0 Å². The Bertz CT molecular complexity index is 248. The SMILES string of the molecule is [CH2-]C([CH2-])(C)C(C)C.[Ti+4].c1cc[cH-]c1.c1cc[cH-]c1. The molecule has 2 rings (SSSR count). The van der Waals surface area contributed by atoms with Gasteiger partial charge in [-0.05, 0) is 0 Å². The Balaban J connectivity index is 0. The van der Waals surface area contributed by atoms with Crippen LogP contribution in [0.25, 0.3) is 0 Å². The first-order valence-electron chi connectivity index (χ1n) is 5.98. The summed E-state index contributed by atoms with van der Waals surface area (Å²) in [5.41, 5.74) is 0.000000000000000222. The minimum atomic E-state index is 0. The van der Waals surface area contributed by atoms with Gasteiger partial charge >= 0.3 is 21.7 Å². The second-order valence-corrected chi connectivity index (χ2v) is 4.73. The molecule has 0 nitrogen and oxygen atoms in total. The monoisotopic (exact) mass is 276 g/mol. The van der Waals surface area contributed by atoms with Crippen LogP contribution in [0, 0.1) is 25.2 Å². The van der Waals surface area contributed by atoms with Crippen molar-refractivity contribution < 1.29 is 21.7 Å². The van der Waals surface area contributed by atoms with Gasteiger partial charge in [0.25, 0.3) is 0 Å². The van der Waals surface area contributed by atoms with E-state index in [0.717, 1.165) is 0 Å². The van der Waals surface area contributed by atoms with Crippen molar-refractivity contribution in [2.45, 2.75) is 20.8 Å². The molecule has 18 heavy (non-hydrogen) atoms. The molecule has 0 heterocycles. The molecule has 0 bridgehead atoms. The van der Waals surface area contributed by atoms with Gasteiger partial charge in [0.15, 0.2) is 0 Å². The molecular formula is C17H24Ti. The van der Waals surface area contributed by atoms with Crippen LogP contribution in [0.1, 0.15) is 20.8 Å². The van der Waals surface area contributed by atoms with Gasteiger partial charge in [-0.1, -0.05) is 19.8 Å². The van der Waals surface area contributed by atoms with Gasteiger partial charge in [-0.3, -0.25) is 5.41 Å². The van der Waals surface area contributed by atoms with E-state index in [0.29, 0.717) is 5.92 Å². The van der Waals surface area contributed by atoms with Gasteiger partial charge in [0.2, 0.25) is 0 Å². The first kappa shape index (κ1) is 19.7. The average Bonchev–Trinajstić information content (AvgIpc) is 2.96. The fraction of sp³-hybridized carbons (Fsp3) is 0.294. The maximum absolute atomic E-state index is 3.86. The second-order valence-electron chi connectivity index (χ2n) is 4.73. The molecule has 0 atom stereocenters. The van der Waals surface area contributed by atoms with Crippen LogP contribution in [0.4, 0.5) is 0 Å². The summed E-state index contributed by atoms with van der Waals surface area (Å²) in [5.74, 6) is 0.576. The Morgan fingerprint density at radius 1 is 0.833 bits per heavy atom. The molecule has 0 aliphatic carbocycles. The van der Waals surface area contributed by atoms with Gasteiger partial charge < -0.3 is 13.8 Å².